The Balaban J connectivity index is 1.75. The smallest absolute Gasteiger partial charge is 0.248 e. The monoisotopic (exact) mass is 508 g/mol. The van der Waals surface area contributed by atoms with Crippen molar-refractivity contribution in [1.29, 1.82) is 0 Å². The van der Waals surface area contributed by atoms with E-state index in [1.54, 1.807) is 55.7 Å². The van der Waals surface area contributed by atoms with Crippen LogP contribution in [0.25, 0.3) is 6.08 Å². The second kappa shape index (κ2) is 13.9. The summed E-state index contributed by atoms with van der Waals surface area (Å²) in [5.74, 6) is 0.216. The molecule has 3 rings (SSSR count). The van der Waals surface area contributed by atoms with E-state index in [1.807, 2.05) is 48.5 Å². The maximum atomic E-state index is 13.2. The van der Waals surface area contributed by atoms with E-state index in [-0.39, 0.29) is 11.8 Å². The minimum atomic E-state index is -0.666. The Kier molecular flexibility index (Phi) is 10.1. The van der Waals surface area contributed by atoms with Crippen LogP contribution in [-0.2, 0) is 9.59 Å². The standard InChI is InChI=1S/C31H32N4O3/c1-4-8-22(5-2)21-33-31(37)30(34-25-16-18-26(38-3)19-17-25)24-14-11-23(12-15-24)13-20-29(36)35-28-10-7-6-9-27(28)32/h4-20,30,34H,1-2,21,32H2,3H3,(H,33,37)(H,35,36)/b20-13+,22-8+. The molecule has 0 saturated carbocycles. The SMILES string of the molecule is C=C/C=C(\C=C)CNC(=O)C(Nc1ccc(OC)cc1)c1ccc(/C=C/C(=O)Nc2ccccc2N)cc1. The van der Waals surface area contributed by atoms with Gasteiger partial charge in [0.1, 0.15) is 11.8 Å². The average molecular weight is 509 g/mol. The second-order valence-corrected chi connectivity index (χ2v) is 8.28. The molecule has 2 amide bonds. The van der Waals surface area contributed by atoms with Crippen LogP contribution in [0.2, 0.25) is 0 Å². The van der Waals surface area contributed by atoms with Gasteiger partial charge in [0.15, 0.2) is 0 Å². The number of ether oxygens (including phenoxy) is 1. The Morgan fingerprint density at radius 3 is 2.34 bits per heavy atom. The second-order valence-electron chi connectivity index (χ2n) is 8.28. The van der Waals surface area contributed by atoms with Crippen LogP contribution >= 0.6 is 0 Å². The number of amides is 2. The summed E-state index contributed by atoms with van der Waals surface area (Å²) in [6.07, 6.45) is 8.25. The summed E-state index contributed by atoms with van der Waals surface area (Å²) >= 11 is 0. The van der Waals surface area contributed by atoms with Gasteiger partial charge in [0.25, 0.3) is 0 Å². The van der Waals surface area contributed by atoms with Crippen LogP contribution < -0.4 is 26.4 Å². The van der Waals surface area contributed by atoms with Crippen molar-refractivity contribution in [3.8, 4) is 5.75 Å². The Labute approximate surface area is 223 Å². The highest BCUT2D eigenvalue weighted by Gasteiger charge is 2.20. The van der Waals surface area contributed by atoms with Crippen molar-refractivity contribution in [1.82, 2.24) is 5.32 Å². The molecule has 1 unspecified atom stereocenters. The molecule has 0 bridgehead atoms. The summed E-state index contributed by atoms with van der Waals surface area (Å²) in [7, 11) is 1.60. The highest BCUT2D eigenvalue weighted by atomic mass is 16.5. The first kappa shape index (κ1) is 27.5. The van der Waals surface area contributed by atoms with Crippen molar-refractivity contribution < 1.29 is 14.3 Å². The van der Waals surface area contributed by atoms with Gasteiger partial charge in [-0.15, -0.1) is 0 Å². The molecule has 38 heavy (non-hydrogen) atoms. The Bertz CT molecular complexity index is 1330. The van der Waals surface area contributed by atoms with E-state index in [0.717, 1.165) is 28.1 Å². The maximum Gasteiger partial charge on any atom is 0.248 e. The van der Waals surface area contributed by atoms with Gasteiger partial charge >= 0.3 is 0 Å². The first-order valence-electron chi connectivity index (χ1n) is 12.0. The molecule has 0 aromatic heterocycles. The Morgan fingerprint density at radius 1 is 1.00 bits per heavy atom. The molecule has 3 aromatic carbocycles. The summed E-state index contributed by atoms with van der Waals surface area (Å²) < 4.78 is 5.23. The van der Waals surface area contributed by atoms with E-state index >= 15 is 0 Å². The summed E-state index contributed by atoms with van der Waals surface area (Å²) in [6, 6.07) is 21.1. The third kappa shape index (κ3) is 7.99. The van der Waals surface area contributed by atoms with Crippen molar-refractivity contribution in [3.05, 3.63) is 127 Å². The van der Waals surface area contributed by atoms with E-state index in [1.165, 1.54) is 6.08 Å². The predicted molar refractivity (Wildman–Crippen MR) is 156 cm³/mol. The number of carbonyl (C=O) groups excluding carboxylic acids is 2. The molecule has 5 N–H and O–H groups in total. The number of benzene rings is 3. The molecule has 194 valence electrons. The average Bonchev–Trinajstić information content (AvgIpc) is 2.94. The molecule has 0 spiro atoms. The number of anilines is 3. The van der Waals surface area contributed by atoms with Crippen molar-refractivity contribution >= 4 is 35.0 Å². The van der Waals surface area contributed by atoms with Gasteiger partial charge in [-0.1, -0.05) is 67.8 Å². The lowest BCUT2D eigenvalue weighted by Crippen LogP contribution is -2.34. The summed E-state index contributed by atoms with van der Waals surface area (Å²) in [6.45, 7) is 7.78. The summed E-state index contributed by atoms with van der Waals surface area (Å²) in [4.78, 5) is 25.5. The molecule has 0 saturated heterocycles. The zero-order chi connectivity index (χ0) is 27.3. The number of nitrogens with two attached hydrogens (primary N) is 1. The van der Waals surface area contributed by atoms with Gasteiger partial charge < -0.3 is 26.4 Å². The number of methoxy groups -OCH3 is 1. The number of nitrogen functional groups attached to an aromatic ring is 1. The van der Waals surface area contributed by atoms with Crippen molar-refractivity contribution in [2.45, 2.75) is 6.04 Å². The van der Waals surface area contributed by atoms with Crippen molar-refractivity contribution in [3.63, 3.8) is 0 Å². The molecule has 7 heteroatoms. The molecular formula is C31H32N4O3. The van der Waals surface area contributed by atoms with Crippen LogP contribution in [0.1, 0.15) is 17.2 Å². The van der Waals surface area contributed by atoms with Crippen LogP contribution in [0.5, 0.6) is 5.75 Å². The third-order valence-corrected chi connectivity index (χ3v) is 5.64. The molecule has 1 atom stereocenters. The van der Waals surface area contributed by atoms with E-state index < -0.39 is 6.04 Å². The molecule has 3 aromatic rings. The number of hydrogen-bond donors (Lipinski definition) is 4. The van der Waals surface area contributed by atoms with Gasteiger partial charge in [-0.3, -0.25) is 9.59 Å². The van der Waals surface area contributed by atoms with Crippen molar-refractivity contribution in [2.24, 2.45) is 0 Å². The molecule has 0 radical (unpaired) electrons. The third-order valence-electron chi connectivity index (χ3n) is 5.64. The maximum absolute atomic E-state index is 13.2. The number of allylic oxidation sites excluding steroid dienone is 2. The lowest BCUT2D eigenvalue weighted by molar-refractivity contribution is -0.121. The van der Waals surface area contributed by atoms with E-state index in [9.17, 15) is 9.59 Å². The van der Waals surface area contributed by atoms with Crippen LogP contribution in [0, 0.1) is 0 Å². The zero-order valence-electron chi connectivity index (χ0n) is 21.3. The fourth-order valence-corrected chi connectivity index (χ4v) is 3.55. The van der Waals surface area contributed by atoms with Gasteiger partial charge in [-0.2, -0.15) is 0 Å². The van der Waals surface area contributed by atoms with Crippen LogP contribution in [0.4, 0.5) is 17.1 Å². The Morgan fingerprint density at radius 2 is 1.71 bits per heavy atom. The normalized spacial score (nSPS) is 11.9. The minimum Gasteiger partial charge on any atom is -0.497 e. The van der Waals surface area contributed by atoms with Crippen LogP contribution in [0.15, 0.2) is 116 Å². The first-order chi connectivity index (χ1) is 18.4. The van der Waals surface area contributed by atoms with E-state index in [0.29, 0.717) is 17.9 Å². The first-order valence-corrected chi connectivity index (χ1v) is 12.0. The van der Waals surface area contributed by atoms with E-state index in [4.69, 9.17) is 10.5 Å². The molecule has 0 heterocycles. The van der Waals surface area contributed by atoms with Crippen LogP contribution in [0.3, 0.4) is 0 Å². The molecule has 0 aliphatic heterocycles. The Hall–Kier alpha value is -5.04. The van der Waals surface area contributed by atoms with Gasteiger partial charge in [-0.05, 0) is 59.2 Å². The number of rotatable bonds is 12. The predicted octanol–water partition coefficient (Wildman–Crippen LogP) is 5.50. The number of carbonyl (C=O) groups is 2. The topological polar surface area (TPSA) is 105 Å². The molecule has 0 aliphatic carbocycles. The summed E-state index contributed by atoms with van der Waals surface area (Å²) in [5.41, 5.74) is 10.1. The minimum absolute atomic E-state index is 0.208. The molecular weight excluding hydrogens is 476 g/mol. The summed E-state index contributed by atoms with van der Waals surface area (Å²) in [5, 5.41) is 9.00. The number of nitrogens with one attached hydrogen (secondary N) is 3. The lowest BCUT2D eigenvalue weighted by atomic mass is 10.0. The zero-order valence-corrected chi connectivity index (χ0v) is 21.3. The fraction of sp³-hybridized carbons (Fsp3) is 0.0968. The van der Waals surface area contributed by atoms with Crippen LogP contribution in [-0.4, -0.2) is 25.5 Å². The van der Waals surface area contributed by atoms with Gasteiger partial charge in [0.05, 0.1) is 18.5 Å². The van der Waals surface area contributed by atoms with Gasteiger partial charge in [0, 0.05) is 18.3 Å². The largest absolute Gasteiger partial charge is 0.497 e. The highest BCUT2D eigenvalue weighted by Crippen LogP contribution is 2.23. The molecule has 7 nitrogen and oxygen atoms in total. The number of para-hydroxylation sites is 2. The van der Waals surface area contributed by atoms with Gasteiger partial charge in [0.2, 0.25) is 11.8 Å². The fourth-order valence-electron chi connectivity index (χ4n) is 3.55. The number of hydrogen-bond acceptors (Lipinski definition) is 5. The molecule has 0 aliphatic rings. The quantitative estimate of drug-likeness (QED) is 0.147. The van der Waals surface area contributed by atoms with E-state index in [2.05, 4.69) is 29.1 Å². The van der Waals surface area contributed by atoms with Gasteiger partial charge in [-0.25, -0.2) is 0 Å². The molecule has 0 fully saturated rings. The highest BCUT2D eigenvalue weighted by molar-refractivity contribution is 6.03. The lowest BCUT2D eigenvalue weighted by Gasteiger charge is -2.20. The van der Waals surface area contributed by atoms with Crippen molar-refractivity contribution in [2.75, 3.05) is 30.0 Å².